The Morgan fingerprint density at radius 1 is 1.47 bits per heavy atom. The number of nitrogens with zero attached hydrogens (tertiary/aromatic N) is 1. The van der Waals surface area contributed by atoms with Crippen molar-refractivity contribution in [3.63, 3.8) is 0 Å². The minimum absolute atomic E-state index is 0.113. The smallest absolute Gasteiger partial charge is 0.214 e. The highest BCUT2D eigenvalue weighted by Crippen LogP contribution is 2.17. The van der Waals surface area contributed by atoms with E-state index in [4.69, 9.17) is 21.4 Å². The van der Waals surface area contributed by atoms with Gasteiger partial charge >= 0.3 is 0 Å². The van der Waals surface area contributed by atoms with Gasteiger partial charge in [-0.2, -0.15) is 4.31 Å². The van der Waals surface area contributed by atoms with Crippen molar-refractivity contribution in [3.8, 4) is 0 Å². The summed E-state index contributed by atoms with van der Waals surface area (Å²) in [7, 11) is -3.26. The topological polar surface area (TPSA) is 66.8 Å². The van der Waals surface area contributed by atoms with Crippen LogP contribution in [0.5, 0.6) is 0 Å². The quantitative estimate of drug-likeness (QED) is 0.567. The minimum Gasteiger partial charge on any atom is -0.394 e. The first kappa shape index (κ1) is 15.2. The number of hydrogen-bond donors (Lipinski definition) is 1. The summed E-state index contributed by atoms with van der Waals surface area (Å²) in [6, 6.07) is -0.168. The lowest BCUT2D eigenvalue weighted by atomic mass is 10.2. The molecule has 0 aromatic carbocycles. The molecule has 1 N–H and O–H groups in total. The maximum Gasteiger partial charge on any atom is 0.214 e. The van der Waals surface area contributed by atoms with E-state index in [-0.39, 0.29) is 24.9 Å². The Morgan fingerprint density at radius 2 is 2.18 bits per heavy atom. The van der Waals surface area contributed by atoms with Gasteiger partial charge in [0.05, 0.1) is 25.1 Å². The van der Waals surface area contributed by atoms with Crippen molar-refractivity contribution in [2.24, 2.45) is 0 Å². The lowest BCUT2D eigenvalue weighted by Gasteiger charge is -2.36. The molecule has 0 aromatic rings. The van der Waals surface area contributed by atoms with Crippen LogP contribution in [0.3, 0.4) is 0 Å². The van der Waals surface area contributed by atoms with Crippen LogP contribution in [-0.4, -0.2) is 61.4 Å². The second-order valence-corrected chi connectivity index (χ2v) is 6.69. The molecule has 0 aromatic heterocycles. The van der Waals surface area contributed by atoms with Crippen LogP contribution in [0.1, 0.15) is 19.8 Å². The number of aliphatic hydroxyl groups excluding tert-OH is 1. The van der Waals surface area contributed by atoms with Crippen LogP contribution in [0.4, 0.5) is 0 Å². The molecular weight excluding hydrogens is 266 g/mol. The molecule has 0 bridgehead atoms. The van der Waals surface area contributed by atoms with E-state index >= 15 is 0 Å². The van der Waals surface area contributed by atoms with E-state index in [1.165, 1.54) is 4.31 Å². The molecule has 0 radical (unpaired) electrons. The molecule has 5 nitrogen and oxygen atoms in total. The molecule has 1 fully saturated rings. The minimum atomic E-state index is -3.26. The van der Waals surface area contributed by atoms with Crippen LogP contribution < -0.4 is 0 Å². The number of unbranched alkanes of at least 4 members (excludes halogenated alkanes) is 1. The number of halogens is 1. The molecule has 1 aliphatic heterocycles. The Bertz CT molecular complexity index is 322. The van der Waals surface area contributed by atoms with Gasteiger partial charge in [-0.3, -0.25) is 0 Å². The summed E-state index contributed by atoms with van der Waals surface area (Å²) in [5.74, 6) is 0.593. The molecule has 2 atom stereocenters. The Kier molecular flexibility index (Phi) is 6.16. The number of morpholine rings is 1. The van der Waals surface area contributed by atoms with Crippen LogP contribution in [-0.2, 0) is 14.8 Å². The van der Waals surface area contributed by atoms with Crippen LogP contribution >= 0.6 is 11.6 Å². The van der Waals surface area contributed by atoms with Crippen LogP contribution in [0, 0.1) is 0 Å². The zero-order valence-corrected chi connectivity index (χ0v) is 11.6. The Hall–Kier alpha value is 0.120. The maximum absolute atomic E-state index is 12.1. The Balaban J connectivity index is 2.61. The monoisotopic (exact) mass is 285 g/mol. The number of alkyl halides is 1. The highest BCUT2D eigenvalue weighted by atomic mass is 35.5. The zero-order valence-electron chi connectivity index (χ0n) is 10.0. The predicted molar refractivity (Wildman–Crippen MR) is 66.7 cm³/mol. The normalized spacial score (nSPS) is 27.2. The number of sulfonamides is 1. The summed E-state index contributed by atoms with van der Waals surface area (Å²) in [5, 5.41) is 9.01. The molecule has 0 aliphatic carbocycles. The third-order valence-electron chi connectivity index (χ3n) is 2.80. The molecule has 0 saturated carbocycles. The third kappa shape index (κ3) is 4.37. The first-order valence-electron chi connectivity index (χ1n) is 5.79. The largest absolute Gasteiger partial charge is 0.394 e. The van der Waals surface area contributed by atoms with Crippen LogP contribution in [0.25, 0.3) is 0 Å². The van der Waals surface area contributed by atoms with Gasteiger partial charge in [0.15, 0.2) is 0 Å². The first-order chi connectivity index (χ1) is 8.01. The van der Waals surface area contributed by atoms with Crippen LogP contribution in [0.2, 0.25) is 0 Å². The summed E-state index contributed by atoms with van der Waals surface area (Å²) >= 11 is 5.53. The van der Waals surface area contributed by atoms with Gasteiger partial charge in [0.1, 0.15) is 0 Å². The highest BCUT2D eigenvalue weighted by Gasteiger charge is 2.33. The fourth-order valence-electron chi connectivity index (χ4n) is 1.79. The predicted octanol–water partition coefficient (Wildman–Crippen LogP) is 0.417. The van der Waals surface area contributed by atoms with Crippen molar-refractivity contribution in [1.82, 2.24) is 4.31 Å². The van der Waals surface area contributed by atoms with Gasteiger partial charge in [-0.25, -0.2) is 8.42 Å². The molecule has 1 rings (SSSR count). The molecule has 0 amide bonds. The van der Waals surface area contributed by atoms with E-state index in [1.807, 2.05) is 6.92 Å². The van der Waals surface area contributed by atoms with Crippen molar-refractivity contribution < 1.29 is 18.3 Å². The van der Waals surface area contributed by atoms with E-state index in [0.717, 1.165) is 0 Å². The van der Waals surface area contributed by atoms with Gasteiger partial charge in [0, 0.05) is 18.5 Å². The van der Waals surface area contributed by atoms with Gasteiger partial charge in [-0.05, 0) is 19.8 Å². The number of hydrogen-bond acceptors (Lipinski definition) is 4. The Morgan fingerprint density at radius 3 is 2.76 bits per heavy atom. The highest BCUT2D eigenvalue weighted by molar-refractivity contribution is 7.89. The SMILES string of the molecule is CC1COC(CO)CN1S(=O)(=O)CCCCCl. The van der Waals surface area contributed by atoms with Crippen molar-refractivity contribution in [2.45, 2.75) is 31.9 Å². The molecule has 1 saturated heterocycles. The van der Waals surface area contributed by atoms with Gasteiger partial charge in [0.25, 0.3) is 0 Å². The second-order valence-electron chi connectivity index (χ2n) is 4.27. The summed E-state index contributed by atoms with van der Waals surface area (Å²) in [5.41, 5.74) is 0. The standard InChI is InChI=1S/C10H20ClNO4S/c1-9-8-16-10(7-13)6-12(9)17(14,15)5-3-2-4-11/h9-10,13H,2-8H2,1H3. The Labute approximate surface area is 108 Å². The van der Waals surface area contributed by atoms with Crippen molar-refractivity contribution in [2.75, 3.05) is 31.4 Å². The number of aliphatic hydroxyl groups is 1. The molecule has 1 heterocycles. The van der Waals surface area contributed by atoms with Gasteiger partial charge < -0.3 is 9.84 Å². The van der Waals surface area contributed by atoms with E-state index in [9.17, 15) is 8.42 Å². The molecular formula is C10H20ClNO4S. The van der Waals surface area contributed by atoms with E-state index < -0.39 is 16.1 Å². The van der Waals surface area contributed by atoms with E-state index in [2.05, 4.69) is 0 Å². The maximum atomic E-state index is 12.1. The van der Waals surface area contributed by atoms with Crippen molar-refractivity contribution in [1.29, 1.82) is 0 Å². The summed E-state index contributed by atoms with van der Waals surface area (Å²) < 4.78 is 30.9. The molecule has 0 spiro atoms. The number of ether oxygens (including phenoxy) is 1. The van der Waals surface area contributed by atoms with Crippen LogP contribution in [0.15, 0.2) is 0 Å². The molecule has 1 aliphatic rings. The lowest BCUT2D eigenvalue weighted by molar-refractivity contribution is -0.0516. The second kappa shape index (κ2) is 6.89. The van der Waals surface area contributed by atoms with Gasteiger partial charge in [0.2, 0.25) is 10.0 Å². The summed E-state index contributed by atoms with van der Waals surface area (Å²) in [6.07, 6.45) is 0.858. The van der Waals surface area contributed by atoms with Crippen molar-refractivity contribution in [3.05, 3.63) is 0 Å². The summed E-state index contributed by atoms with van der Waals surface area (Å²) in [6.45, 7) is 2.23. The summed E-state index contributed by atoms with van der Waals surface area (Å²) in [4.78, 5) is 0. The van der Waals surface area contributed by atoms with E-state index in [1.54, 1.807) is 0 Å². The third-order valence-corrected chi connectivity index (χ3v) is 5.09. The zero-order chi connectivity index (χ0) is 12.9. The average Bonchev–Trinajstić information content (AvgIpc) is 2.29. The lowest BCUT2D eigenvalue weighted by Crippen LogP contribution is -2.52. The van der Waals surface area contributed by atoms with Gasteiger partial charge in [-0.15, -0.1) is 11.6 Å². The molecule has 102 valence electrons. The van der Waals surface area contributed by atoms with E-state index in [0.29, 0.717) is 25.3 Å². The van der Waals surface area contributed by atoms with Gasteiger partial charge in [-0.1, -0.05) is 0 Å². The fourth-order valence-corrected chi connectivity index (χ4v) is 3.78. The number of rotatable bonds is 6. The van der Waals surface area contributed by atoms with Crippen molar-refractivity contribution >= 4 is 21.6 Å². The molecule has 2 unspecified atom stereocenters. The first-order valence-corrected chi connectivity index (χ1v) is 7.93. The molecule has 17 heavy (non-hydrogen) atoms. The fraction of sp³-hybridized carbons (Fsp3) is 1.00. The molecule has 7 heteroatoms. The average molecular weight is 286 g/mol.